The van der Waals surface area contributed by atoms with E-state index in [9.17, 15) is 0 Å². The molecule has 0 radical (unpaired) electrons. The summed E-state index contributed by atoms with van der Waals surface area (Å²) in [5, 5.41) is 13.9. The minimum absolute atomic E-state index is 0.0833. The fraction of sp³-hybridized carbons (Fsp3) is 0. The molecule has 0 saturated heterocycles. The molecule has 11 heavy (non-hydrogen) atoms. The van der Waals surface area contributed by atoms with Gasteiger partial charge in [-0.3, -0.25) is 0 Å². The van der Waals surface area contributed by atoms with Gasteiger partial charge in [-0.05, 0) is 0 Å². The average molecular weight is 315 g/mol. The molecule has 0 rings (SSSR count). The Balaban J connectivity index is -0.0000000965. The zero-order chi connectivity index (χ0) is 10.1. The number of hydrogen-bond acceptors (Lipinski definition) is 3. The number of hydrogen-bond donors (Lipinski definition) is 5. The Morgan fingerprint density at radius 3 is 1.09 bits per heavy atom. The molecule has 0 atom stereocenters. The third-order valence-electron chi connectivity index (χ3n) is 0. The molecule has 8 nitrogen and oxygen atoms in total. The Bertz CT molecular complexity index is 125. The van der Waals surface area contributed by atoms with Crippen molar-refractivity contribution in [1.29, 1.82) is 0 Å². The van der Waals surface area contributed by atoms with E-state index in [0.717, 1.165) is 0 Å². The molecule has 0 fully saturated rings. The molecule has 0 bridgehead atoms. The van der Waals surface area contributed by atoms with E-state index in [1.165, 1.54) is 0 Å². The van der Waals surface area contributed by atoms with E-state index in [-0.39, 0.29) is 33.8 Å². The number of phosphoric acid groups is 1. The predicted octanol–water partition coefficient (Wildman–Crippen LogP) is -0.825. The van der Waals surface area contributed by atoms with Gasteiger partial charge in [-0.1, -0.05) is 0 Å². The zero-order valence-electron chi connectivity index (χ0n) is 4.99. The molecule has 65 valence electrons. The van der Waals surface area contributed by atoms with Crippen LogP contribution in [0.25, 0.3) is 0 Å². The van der Waals surface area contributed by atoms with E-state index in [1.54, 1.807) is 0 Å². The summed E-state index contributed by atoms with van der Waals surface area (Å²) in [5.41, 5.74) is 0. The first kappa shape index (κ1) is 17.5. The van der Waals surface area contributed by atoms with E-state index in [2.05, 4.69) is 0 Å². The summed E-state index contributed by atoms with van der Waals surface area (Å²) in [5.74, 6) is 0. The molecule has 0 aromatic carbocycles. The average Bonchev–Trinajstić information content (AvgIpc) is 1.63. The second kappa shape index (κ2) is 10.4. The van der Waals surface area contributed by atoms with E-state index in [4.69, 9.17) is 35.9 Å². The monoisotopic (exact) mass is 315 g/mol. The van der Waals surface area contributed by atoms with E-state index in [0.29, 0.717) is 0 Å². The zero-order valence-corrected chi connectivity index (χ0v) is 9.51. The van der Waals surface area contributed by atoms with Crippen molar-refractivity contribution in [2.75, 3.05) is 0 Å². The van der Waals surface area contributed by atoms with Crippen LogP contribution >= 0.6 is 7.82 Å². The van der Waals surface area contributed by atoms with Gasteiger partial charge in [0.05, 0.1) is 0 Å². The fourth-order valence-corrected chi connectivity index (χ4v) is 0. The SMILES string of the molecule is O=C(O)O.O=P(O)(O)O.[O]=[La]. The molecule has 0 saturated carbocycles. The van der Waals surface area contributed by atoms with Gasteiger partial charge in [0, 0.05) is 0 Å². The van der Waals surface area contributed by atoms with Crippen LogP contribution in [-0.2, 0) is 6.26 Å². The van der Waals surface area contributed by atoms with Gasteiger partial charge in [0.15, 0.2) is 0 Å². The van der Waals surface area contributed by atoms with Crippen molar-refractivity contribution >= 4 is 14.0 Å². The predicted molar refractivity (Wildman–Crippen MR) is 25.6 cm³/mol. The summed E-state index contributed by atoms with van der Waals surface area (Å²) in [4.78, 5) is 30.1. The molecule has 0 aromatic heterocycles. The van der Waals surface area contributed by atoms with Crippen LogP contribution in [0.4, 0.5) is 4.79 Å². The van der Waals surface area contributed by atoms with E-state index < -0.39 is 14.0 Å². The Morgan fingerprint density at radius 2 is 1.09 bits per heavy atom. The van der Waals surface area contributed by atoms with Gasteiger partial charge in [0.2, 0.25) is 0 Å². The summed E-state index contributed by atoms with van der Waals surface area (Å²) in [6.45, 7) is 0. The van der Waals surface area contributed by atoms with Crippen LogP contribution in [-0.4, -0.2) is 31.0 Å². The Kier molecular flexibility index (Phi) is 16.5. The summed E-state index contributed by atoms with van der Waals surface area (Å²) < 4.78 is 17.3. The Morgan fingerprint density at radius 1 is 1.09 bits per heavy atom. The van der Waals surface area contributed by atoms with Gasteiger partial charge >= 0.3 is 49.5 Å². The first-order chi connectivity index (χ1) is 4.73. The molecule has 0 aliphatic carbocycles. The topological polar surface area (TPSA) is 152 Å². The summed E-state index contributed by atoms with van der Waals surface area (Å²) in [7, 11) is -4.64. The Labute approximate surface area is 83.4 Å². The van der Waals surface area contributed by atoms with E-state index >= 15 is 0 Å². The van der Waals surface area contributed by atoms with Crippen molar-refractivity contribution in [3.05, 3.63) is 0 Å². The van der Waals surface area contributed by atoms with Crippen molar-refractivity contribution in [2.24, 2.45) is 0 Å². The van der Waals surface area contributed by atoms with Gasteiger partial charge < -0.3 is 24.9 Å². The molecule has 0 unspecified atom stereocenters. The summed E-state index contributed by atoms with van der Waals surface area (Å²) in [6.07, 6.45) is -1.83. The maximum atomic E-state index is 8.88. The number of carbonyl (C=O) groups is 1. The van der Waals surface area contributed by atoms with Gasteiger partial charge in [0.1, 0.15) is 0 Å². The van der Waals surface area contributed by atoms with Gasteiger partial charge in [-0.2, -0.15) is 0 Å². The minimum atomic E-state index is -4.64. The maximum absolute atomic E-state index is 8.88. The van der Waals surface area contributed by atoms with Gasteiger partial charge in [-0.15, -0.1) is 0 Å². The second-order valence-corrected chi connectivity index (χ2v) is 1.82. The number of carboxylic acid groups (broad SMARTS) is 2. The molecule has 0 aliphatic heterocycles. The summed E-state index contributed by atoms with van der Waals surface area (Å²) in [6, 6.07) is 0. The summed E-state index contributed by atoms with van der Waals surface area (Å²) >= 11 is -0.0833. The molecule has 0 heterocycles. The fourth-order valence-electron chi connectivity index (χ4n) is 0. The van der Waals surface area contributed by atoms with Gasteiger partial charge in [0.25, 0.3) is 0 Å². The standard InChI is InChI=1S/CH2O3.La.H3O4P.O/c2-1(3)4;;1-5(2,3)4;/h(H2,2,3,4);;(H3,1,2,3,4);. The molecular formula is CH5LaO8P. The quantitative estimate of drug-likeness (QED) is 0.363. The molecule has 0 aliphatic rings. The second-order valence-electron chi connectivity index (χ2n) is 0.796. The van der Waals surface area contributed by atoms with E-state index in [1.807, 2.05) is 0 Å². The first-order valence-electron chi connectivity index (χ1n) is 1.67. The first-order valence-corrected chi connectivity index (χ1v) is 4.71. The molecule has 0 spiro atoms. The van der Waals surface area contributed by atoms with Gasteiger partial charge in [-0.25, -0.2) is 9.36 Å². The van der Waals surface area contributed by atoms with Crippen LogP contribution in [0.5, 0.6) is 0 Å². The van der Waals surface area contributed by atoms with Crippen molar-refractivity contribution in [3.8, 4) is 0 Å². The van der Waals surface area contributed by atoms with Crippen LogP contribution in [0.2, 0.25) is 0 Å². The van der Waals surface area contributed by atoms with Crippen molar-refractivity contribution in [1.82, 2.24) is 0 Å². The molecule has 5 N–H and O–H groups in total. The van der Waals surface area contributed by atoms with Crippen LogP contribution in [0.3, 0.4) is 0 Å². The van der Waals surface area contributed by atoms with Crippen LogP contribution in [0, 0.1) is 33.8 Å². The van der Waals surface area contributed by atoms with Crippen LogP contribution < -0.4 is 0 Å². The molecule has 10 heteroatoms. The molecular weight excluding hydrogens is 310 g/mol. The van der Waals surface area contributed by atoms with Crippen molar-refractivity contribution in [2.45, 2.75) is 0 Å². The van der Waals surface area contributed by atoms with Crippen LogP contribution in [0.15, 0.2) is 0 Å². The molecule has 0 amide bonds. The number of rotatable bonds is 0. The molecule has 0 aromatic rings. The Hall–Kier alpha value is 0.375. The third kappa shape index (κ3) is 5180. The van der Waals surface area contributed by atoms with Crippen molar-refractivity contribution < 1.29 is 69.8 Å². The third-order valence-corrected chi connectivity index (χ3v) is 0. The normalized spacial score (nSPS) is 8.09. The van der Waals surface area contributed by atoms with Crippen LogP contribution in [0.1, 0.15) is 0 Å². The van der Waals surface area contributed by atoms with Crippen molar-refractivity contribution in [3.63, 3.8) is 0 Å².